The molecule has 0 radical (unpaired) electrons. The number of anilines is 2. The van der Waals surface area contributed by atoms with Crippen LogP contribution >= 0.6 is 11.6 Å². The standard InChI is InChI=1S/C14H22ClN3O2/c1-4-11(19)7-8-16-14(20)17-10-5-6-13(18(2)3)12(15)9-10/h5-6,9,11,19H,4,7-8H2,1-3H3,(H2,16,17,20). The molecule has 0 spiro atoms. The third-order valence-corrected chi connectivity index (χ3v) is 3.22. The van der Waals surface area contributed by atoms with Gasteiger partial charge in [0, 0.05) is 26.3 Å². The smallest absolute Gasteiger partial charge is 0.319 e. The molecule has 6 heteroatoms. The Morgan fingerprint density at radius 3 is 2.70 bits per heavy atom. The number of carbonyl (C=O) groups excluding carboxylic acids is 1. The van der Waals surface area contributed by atoms with Crippen molar-refractivity contribution in [1.29, 1.82) is 0 Å². The van der Waals surface area contributed by atoms with Crippen LogP contribution in [-0.4, -0.2) is 37.9 Å². The summed E-state index contributed by atoms with van der Waals surface area (Å²) in [7, 11) is 3.81. The van der Waals surface area contributed by atoms with E-state index in [0.29, 0.717) is 30.1 Å². The van der Waals surface area contributed by atoms with Gasteiger partial charge < -0.3 is 20.6 Å². The minimum absolute atomic E-state index is 0.304. The molecule has 1 unspecified atom stereocenters. The maximum absolute atomic E-state index is 11.7. The summed E-state index contributed by atoms with van der Waals surface area (Å²) >= 11 is 6.13. The Morgan fingerprint density at radius 1 is 1.45 bits per heavy atom. The first kappa shape index (κ1) is 16.6. The Hall–Kier alpha value is -1.46. The Bertz CT molecular complexity index is 452. The van der Waals surface area contributed by atoms with Crippen molar-refractivity contribution in [2.75, 3.05) is 30.9 Å². The fraction of sp³-hybridized carbons (Fsp3) is 0.500. The summed E-state index contributed by atoms with van der Waals surface area (Å²) in [6, 6.07) is 5.04. The SMILES string of the molecule is CCC(O)CCNC(=O)Nc1ccc(N(C)C)c(Cl)c1. The van der Waals surface area contributed by atoms with E-state index in [-0.39, 0.29) is 12.1 Å². The van der Waals surface area contributed by atoms with E-state index in [4.69, 9.17) is 11.6 Å². The molecule has 0 aromatic heterocycles. The number of nitrogens with one attached hydrogen (secondary N) is 2. The Kier molecular flexibility index (Phi) is 6.61. The van der Waals surface area contributed by atoms with E-state index in [1.165, 1.54) is 0 Å². The maximum Gasteiger partial charge on any atom is 0.319 e. The fourth-order valence-corrected chi connectivity index (χ4v) is 2.03. The van der Waals surface area contributed by atoms with Crippen molar-refractivity contribution in [3.63, 3.8) is 0 Å². The number of carbonyl (C=O) groups is 1. The Labute approximate surface area is 124 Å². The van der Waals surface area contributed by atoms with Gasteiger partial charge in [-0.15, -0.1) is 0 Å². The summed E-state index contributed by atoms with van der Waals surface area (Å²) < 4.78 is 0. The summed E-state index contributed by atoms with van der Waals surface area (Å²) in [4.78, 5) is 13.6. The molecule has 0 heterocycles. The van der Waals surface area contributed by atoms with Gasteiger partial charge >= 0.3 is 6.03 Å². The highest BCUT2D eigenvalue weighted by Crippen LogP contribution is 2.27. The molecule has 0 aliphatic carbocycles. The third kappa shape index (κ3) is 5.27. The zero-order valence-corrected chi connectivity index (χ0v) is 12.9. The van der Waals surface area contributed by atoms with Crippen molar-refractivity contribution in [2.24, 2.45) is 0 Å². The lowest BCUT2D eigenvalue weighted by Crippen LogP contribution is -2.31. The molecular formula is C14H22ClN3O2. The number of rotatable bonds is 6. The number of aliphatic hydroxyl groups is 1. The molecule has 112 valence electrons. The van der Waals surface area contributed by atoms with Crippen molar-refractivity contribution < 1.29 is 9.90 Å². The van der Waals surface area contributed by atoms with Gasteiger partial charge in [0.05, 0.1) is 16.8 Å². The first-order valence-electron chi connectivity index (χ1n) is 6.63. The summed E-state index contributed by atoms with van der Waals surface area (Å²) in [5.41, 5.74) is 1.53. The average Bonchev–Trinajstić information content (AvgIpc) is 2.38. The minimum Gasteiger partial charge on any atom is -0.393 e. The lowest BCUT2D eigenvalue weighted by atomic mass is 10.2. The molecule has 0 bridgehead atoms. The van der Waals surface area contributed by atoms with Gasteiger partial charge in [0.2, 0.25) is 0 Å². The molecule has 0 fully saturated rings. The molecule has 0 saturated carbocycles. The molecule has 1 aromatic carbocycles. The van der Waals surface area contributed by atoms with Crippen LogP contribution in [0.5, 0.6) is 0 Å². The second-order valence-electron chi connectivity index (χ2n) is 4.79. The second-order valence-corrected chi connectivity index (χ2v) is 5.20. The summed E-state index contributed by atoms with van der Waals surface area (Å²) in [5, 5.41) is 15.4. The zero-order chi connectivity index (χ0) is 15.1. The number of hydrogen-bond acceptors (Lipinski definition) is 3. The first-order chi connectivity index (χ1) is 9.43. The lowest BCUT2D eigenvalue weighted by molar-refractivity contribution is 0.160. The minimum atomic E-state index is -0.371. The number of halogens is 1. The van der Waals surface area contributed by atoms with E-state index >= 15 is 0 Å². The number of benzene rings is 1. The van der Waals surface area contributed by atoms with Crippen LogP contribution in [-0.2, 0) is 0 Å². The van der Waals surface area contributed by atoms with E-state index in [1.54, 1.807) is 12.1 Å². The molecule has 1 atom stereocenters. The number of hydrogen-bond donors (Lipinski definition) is 3. The lowest BCUT2D eigenvalue weighted by Gasteiger charge is -2.15. The average molecular weight is 300 g/mol. The summed E-state index contributed by atoms with van der Waals surface area (Å²) in [6.45, 7) is 2.34. The van der Waals surface area contributed by atoms with Crippen LogP contribution < -0.4 is 15.5 Å². The Balaban J connectivity index is 2.48. The highest BCUT2D eigenvalue weighted by molar-refractivity contribution is 6.33. The number of nitrogens with zero attached hydrogens (tertiary/aromatic N) is 1. The normalized spacial score (nSPS) is 11.8. The Morgan fingerprint density at radius 2 is 2.15 bits per heavy atom. The van der Waals surface area contributed by atoms with Crippen LogP contribution in [0.4, 0.5) is 16.2 Å². The van der Waals surface area contributed by atoms with Gasteiger partial charge in [0.1, 0.15) is 0 Å². The van der Waals surface area contributed by atoms with Crippen LogP contribution in [0.3, 0.4) is 0 Å². The van der Waals surface area contributed by atoms with Gasteiger partial charge in [-0.25, -0.2) is 4.79 Å². The molecule has 0 saturated heterocycles. The molecular weight excluding hydrogens is 278 g/mol. The molecule has 0 aliphatic rings. The maximum atomic E-state index is 11.7. The first-order valence-corrected chi connectivity index (χ1v) is 7.01. The number of amides is 2. The van der Waals surface area contributed by atoms with Crippen molar-refractivity contribution >= 4 is 29.0 Å². The molecule has 20 heavy (non-hydrogen) atoms. The van der Waals surface area contributed by atoms with Gasteiger partial charge in [0.25, 0.3) is 0 Å². The largest absolute Gasteiger partial charge is 0.393 e. The van der Waals surface area contributed by atoms with E-state index in [2.05, 4.69) is 10.6 Å². The highest BCUT2D eigenvalue weighted by Gasteiger charge is 2.07. The van der Waals surface area contributed by atoms with Crippen molar-refractivity contribution in [1.82, 2.24) is 5.32 Å². The number of aliphatic hydroxyl groups excluding tert-OH is 1. The molecule has 5 nitrogen and oxygen atoms in total. The molecule has 2 amide bonds. The van der Waals surface area contributed by atoms with Gasteiger partial charge in [-0.3, -0.25) is 0 Å². The van der Waals surface area contributed by atoms with E-state index in [0.717, 1.165) is 5.69 Å². The van der Waals surface area contributed by atoms with Crippen LogP contribution in [0, 0.1) is 0 Å². The molecule has 3 N–H and O–H groups in total. The van der Waals surface area contributed by atoms with Crippen LogP contribution in [0.25, 0.3) is 0 Å². The molecule has 1 aromatic rings. The molecule has 0 aliphatic heterocycles. The van der Waals surface area contributed by atoms with Crippen LogP contribution in [0.15, 0.2) is 18.2 Å². The predicted octanol–water partition coefficient (Wildman–Crippen LogP) is 2.69. The van der Waals surface area contributed by atoms with Crippen LogP contribution in [0.1, 0.15) is 19.8 Å². The van der Waals surface area contributed by atoms with E-state index < -0.39 is 0 Å². The summed E-state index contributed by atoms with van der Waals surface area (Å²) in [5.74, 6) is 0. The van der Waals surface area contributed by atoms with Gasteiger partial charge in [0.15, 0.2) is 0 Å². The monoisotopic (exact) mass is 299 g/mol. The quantitative estimate of drug-likeness (QED) is 0.757. The van der Waals surface area contributed by atoms with Crippen molar-refractivity contribution in [2.45, 2.75) is 25.9 Å². The number of urea groups is 1. The van der Waals surface area contributed by atoms with Gasteiger partial charge in [-0.1, -0.05) is 18.5 Å². The van der Waals surface area contributed by atoms with Gasteiger partial charge in [-0.05, 0) is 31.0 Å². The zero-order valence-electron chi connectivity index (χ0n) is 12.1. The van der Waals surface area contributed by atoms with E-state index in [9.17, 15) is 9.90 Å². The van der Waals surface area contributed by atoms with Crippen LogP contribution in [0.2, 0.25) is 5.02 Å². The van der Waals surface area contributed by atoms with E-state index in [1.807, 2.05) is 32.0 Å². The molecule has 1 rings (SSSR count). The van der Waals surface area contributed by atoms with Crippen molar-refractivity contribution in [3.05, 3.63) is 23.2 Å². The summed E-state index contributed by atoms with van der Waals surface area (Å²) in [6.07, 6.45) is 0.860. The topological polar surface area (TPSA) is 64.6 Å². The third-order valence-electron chi connectivity index (χ3n) is 2.92. The van der Waals surface area contributed by atoms with Gasteiger partial charge in [-0.2, -0.15) is 0 Å². The second kappa shape index (κ2) is 7.97. The highest BCUT2D eigenvalue weighted by atomic mass is 35.5. The van der Waals surface area contributed by atoms with Crippen molar-refractivity contribution in [3.8, 4) is 0 Å². The fourth-order valence-electron chi connectivity index (χ4n) is 1.68. The predicted molar refractivity (Wildman–Crippen MR) is 83.7 cm³/mol.